The third-order valence-corrected chi connectivity index (χ3v) is 0.874. The molecule has 0 aliphatic rings. The van der Waals surface area contributed by atoms with Crippen LogP contribution in [0.1, 0.15) is 0 Å². The normalized spacial score (nSPS) is 9.56. The number of hydrogen-bond acceptors (Lipinski definition) is 1. The van der Waals surface area contributed by atoms with Gasteiger partial charge in [-0.15, -0.1) is 0 Å². The lowest BCUT2D eigenvalue weighted by Gasteiger charge is -1.92. The summed E-state index contributed by atoms with van der Waals surface area (Å²) in [6.45, 7) is 0. The van der Waals surface area contributed by atoms with Crippen molar-refractivity contribution in [1.82, 2.24) is 0 Å². The van der Waals surface area contributed by atoms with Crippen molar-refractivity contribution in [2.75, 3.05) is 0 Å². The van der Waals surface area contributed by atoms with Gasteiger partial charge in [0.1, 0.15) is 0 Å². The van der Waals surface area contributed by atoms with Gasteiger partial charge in [0.25, 0.3) is 0 Å². The maximum Gasteiger partial charge on any atom is 0.188 e. The number of phenols is 1. The molecule has 0 atom stereocenters. The van der Waals surface area contributed by atoms with Crippen LogP contribution in [0.4, 0.5) is 8.78 Å². The summed E-state index contributed by atoms with van der Waals surface area (Å²) in [5.41, 5.74) is 0. The third kappa shape index (κ3) is 0.988. The van der Waals surface area contributed by atoms with Gasteiger partial charge in [0, 0.05) is 6.07 Å². The second kappa shape index (κ2) is 2.01. The van der Waals surface area contributed by atoms with Gasteiger partial charge in [0.15, 0.2) is 17.4 Å². The summed E-state index contributed by atoms with van der Waals surface area (Å²) < 4.78 is 24.1. The fourth-order valence-corrected chi connectivity index (χ4v) is 0.440. The van der Waals surface area contributed by atoms with Gasteiger partial charge in [-0.25, -0.2) is 8.78 Å². The molecule has 1 radical (unpaired) electrons. The minimum Gasteiger partial charge on any atom is -0.503 e. The molecule has 47 valence electrons. The Morgan fingerprint density at radius 1 is 1.44 bits per heavy atom. The van der Waals surface area contributed by atoms with Crippen LogP contribution in [0.2, 0.25) is 0 Å². The molecule has 0 aliphatic heterocycles. The molecule has 9 heavy (non-hydrogen) atoms. The molecule has 3 heteroatoms. The van der Waals surface area contributed by atoms with Crippen LogP contribution in [0, 0.1) is 17.7 Å². The molecule has 1 aromatic rings. The van der Waals surface area contributed by atoms with Crippen molar-refractivity contribution in [2.24, 2.45) is 0 Å². The highest BCUT2D eigenvalue weighted by atomic mass is 19.1. The molecular weight excluding hydrogens is 126 g/mol. The van der Waals surface area contributed by atoms with Gasteiger partial charge < -0.3 is 5.11 Å². The standard InChI is InChI=1S/C6H3F2O/c7-4-2-1-3-5(8)6(4)9/h1-2,9H. The topological polar surface area (TPSA) is 20.2 Å². The van der Waals surface area contributed by atoms with E-state index in [4.69, 9.17) is 5.11 Å². The highest BCUT2D eigenvalue weighted by Crippen LogP contribution is 2.17. The largest absolute Gasteiger partial charge is 0.503 e. The Morgan fingerprint density at radius 3 is 2.56 bits per heavy atom. The average Bonchev–Trinajstić information content (AvgIpc) is 1.83. The lowest BCUT2D eigenvalue weighted by atomic mass is 10.3. The van der Waals surface area contributed by atoms with Gasteiger partial charge in [-0.3, -0.25) is 0 Å². The summed E-state index contributed by atoms with van der Waals surface area (Å²) in [4.78, 5) is 0. The van der Waals surface area contributed by atoms with E-state index in [-0.39, 0.29) is 0 Å². The van der Waals surface area contributed by atoms with E-state index in [1.54, 1.807) is 0 Å². The monoisotopic (exact) mass is 129 g/mol. The average molecular weight is 129 g/mol. The van der Waals surface area contributed by atoms with Crippen molar-refractivity contribution in [3.63, 3.8) is 0 Å². The molecular formula is C6H3F2O. The van der Waals surface area contributed by atoms with Gasteiger partial charge in [0.05, 0.1) is 0 Å². The number of aromatic hydroxyl groups is 1. The second-order valence-corrected chi connectivity index (χ2v) is 1.49. The van der Waals surface area contributed by atoms with E-state index in [2.05, 4.69) is 0 Å². The Kier molecular flexibility index (Phi) is 1.34. The molecule has 0 heterocycles. The molecule has 0 unspecified atom stereocenters. The van der Waals surface area contributed by atoms with Gasteiger partial charge >= 0.3 is 0 Å². The van der Waals surface area contributed by atoms with Gasteiger partial charge in [0.2, 0.25) is 0 Å². The van der Waals surface area contributed by atoms with E-state index >= 15 is 0 Å². The van der Waals surface area contributed by atoms with E-state index in [0.29, 0.717) is 0 Å². The zero-order chi connectivity index (χ0) is 6.85. The summed E-state index contributed by atoms with van der Waals surface area (Å²) in [6.07, 6.45) is 0. The molecule has 0 aromatic heterocycles. The molecule has 0 bridgehead atoms. The van der Waals surface area contributed by atoms with Crippen LogP contribution >= 0.6 is 0 Å². The van der Waals surface area contributed by atoms with E-state index in [1.165, 1.54) is 0 Å². The molecule has 0 fully saturated rings. The first kappa shape index (κ1) is 6.01. The van der Waals surface area contributed by atoms with Crippen LogP contribution in [0.25, 0.3) is 0 Å². The maximum absolute atomic E-state index is 12.1. The Bertz CT molecular complexity index is 202. The summed E-state index contributed by atoms with van der Waals surface area (Å²) in [6, 6.07) is 3.97. The highest BCUT2D eigenvalue weighted by molar-refractivity contribution is 5.22. The SMILES string of the molecule is Oc1c(F)[c]ccc1F. The zero-order valence-corrected chi connectivity index (χ0v) is 4.36. The summed E-state index contributed by atoms with van der Waals surface area (Å²) in [7, 11) is 0. The lowest BCUT2D eigenvalue weighted by molar-refractivity contribution is 0.395. The fourth-order valence-electron chi connectivity index (χ4n) is 0.440. The Balaban J connectivity index is 3.25. The van der Waals surface area contributed by atoms with Crippen molar-refractivity contribution < 1.29 is 13.9 Å². The molecule has 0 spiro atoms. The van der Waals surface area contributed by atoms with E-state index < -0.39 is 17.4 Å². The van der Waals surface area contributed by atoms with Gasteiger partial charge in [-0.05, 0) is 12.1 Å². The van der Waals surface area contributed by atoms with Crippen LogP contribution in [0.5, 0.6) is 5.75 Å². The van der Waals surface area contributed by atoms with E-state index in [0.717, 1.165) is 12.1 Å². The Labute approximate surface area is 50.6 Å². The van der Waals surface area contributed by atoms with Crippen molar-refractivity contribution in [1.29, 1.82) is 0 Å². The van der Waals surface area contributed by atoms with Gasteiger partial charge in [-0.1, -0.05) is 0 Å². The van der Waals surface area contributed by atoms with E-state index in [1.807, 2.05) is 6.07 Å². The summed E-state index contributed by atoms with van der Waals surface area (Å²) >= 11 is 0. The molecule has 0 amide bonds. The first-order valence-corrected chi connectivity index (χ1v) is 2.26. The maximum atomic E-state index is 12.1. The number of rotatable bonds is 0. The molecule has 0 saturated carbocycles. The van der Waals surface area contributed by atoms with Crippen molar-refractivity contribution >= 4 is 0 Å². The lowest BCUT2D eigenvalue weighted by Crippen LogP contribution is -1.79. The van der Waals surface area contributed by atoms with Crippen LogP contribution in [0.3, 0.4) is 0 Å². The predicted molar refractivity (Wildman–Crippen MR) is 26.9 cm³/mol. The molecule has 1 aromatic carbocycles. The summed E-state index contributed by atoms with van der Waals surface area (Å²) in [5.74, 6) is -3.00. The van der Waals surface area contributed by atoms with Crippen molar-refractivity contribution in [2.45, 2.75) is 0 Å². The Hall–Kier alpha value is -1.12. The quantitative estimate of drug-likeness (QED) is 0.562. The zero-order valence-electron chi connectivity index (χ0n) is 4.36. The molecule has 0 aliphatic carbocycles. The second-order valence-electron chi connectivity index (χ2n) is 1.49. The molecule has 1 rings (SSSR count). The van der Waals surface area contributed by atoms with Crippen molar-refractivity contribution in [3.05, 3.63) is 29.8 Å². The number of phenolic OH excluding ortho intramolecular Hbond substituents is 1. The minimum absolute atomic E-state index is 0.929. The number of benzene rings is 1. The first-order valence-electron chi connectivity index (χ1n) is 2.26. The third-order valence-electron chi connectivity index (χ3n) is 0.874. The predicted octanol–water partition coefficient (Wildman–Crippen LogP) is 1.47. The van der Waals surface area contributed by atoms with E-state index in [9.17, 15) is 8.78 Å². The smallest absolute Gasteiger partial charge is 0.188 e. The number of hydrogen-bond donors (Lipinski definition) is 1. The van der Waals surface area contributed by atoms with Crippen LogP contribution in [-0.2, 0) is 0 Å². The van der Waals surface area contributed by atoms with Gasteiger partial charge in [-0.2, -0.15) is 0 Å². The van der Waals surface area contributed by atoms with Crippen LogP contribution in [0.15, 0.2) is 12.1 Å². The first-order chi connectivity index (χ1) is 4.22. The fraction of sp³-hybridized carbons (Fsp3) is 0. The minimum atomic E-state index is -1.06. The Morgan fingerprint density at radius 2 is 2.11 bits per heavy atom. The number of halogens is 2. The summed E-state index contributed by atoms with van der Waals surface area (Å²) in [5, 5.41) is 8.43. The van der Waals surface area contributed by atoms with Crippen LogP contribution in [-0.4, -0.2) is 5.11 Å². The highest BCUT2D eigenvalue weighted by Gasteiger charge is 2.03. The van der Waals surface area contributed by atoms with Crippen LogP contribution < -0.4 is 0 Å². The molecule has 1 N–H and O–H groups in total. The molecule has 0 saturated heterocycles. The van der Waals surface area contributed by atoms with Crippen molar-refractivity contribution in [3.8, 4) is 5.75 Å². The molecule has 1 nitrogen and oxygen atoms in total.